The average Bonchev–Trinajstić information content (AvgIpc) is 2.83. The molecule has 0 aromatic heterocycles. The maximum Gasteiger partial charge on any atom is 0.0825 e. The van der Waals surface area contributed by atoms with E-state index in [2.05, 4.69) is 21.7 Å². The van der Waals surface area contributed by atoms with Crippen LogP contribution in [0.25, 0.3) is 0 Å². The van der Waals surface area contributed by atoms with E-state index in [0.29, 0.717) is 6.10 Å². The minimum Gasteiger partial charge on any atom is -0.369 e. The smallest absolute Gasteiger partial charge is 0.0825 e. The van der Waals surface area contributed by atoms with Gasteiger partial charge < -0.3 is 9.64 Å². The van der Waals surface area contributed by atoms with Gasteiger partial charge in [-0.05, 0) is 45.6 Å². The summed E-state index contributed by atoms with van der Waals surface area (Å²) in [6.45, 7) is 8.54. The van der Waals surface area contributed by atoms with Gasteiger partial charge in [-0.2, -0.15) is 0 Å². The van der Waals surface area contributed by atoms with Crippen LogP contribution in [0, 0.1) is 0 Å². The highest BCUT2D eigenvalue weighted by Gasteiger charge is 2.45. The van der Waals surface area contributed by atoms with Crippen molar-refractivity contribution in [3.63, 3.8) is 0 Å². The molecule has 4 rings (SSSR count). The molecule has 4 heteroatoms. The molecule has 22 heavy (non-hydrogen) atoms. The van der Waals surface area contributed by atoms with E-state index < -0.39 is 0 Å². The number of likely N-dealkylation sites (tertiary alicyclic amines) is 1. The zero-order valence-corrected chi connectivity index (χ0v) is 14.3. The Kier molecular flexibility index (Phi) is 4.46. The molecule has 4 nitrogen and oxygen atoms in total. The highest BCUT2D eigenvalue weighted by Crippen LogP contribution is 2.40. The van der Waals surface area contributed by atoms with Crippen molar-refractivity contribution in [3.05, 3.63) is 0 Å². The molecule has 3 saturated heterocycles. The molecular formula is C18H33N3O. The van der Waals surface area contributed by atoms with Crippen LogP contribution < -0.4 is 0 Å². The normalized spacial score (nSPS) is 39.4. The second-order valence-electron chi connectivity index (χ2n) is 8.22. The number of rotatable bonds is 3. The van der Waals surface area contributed by atoms with Crippen molar-refractivity contribution in [1.82, 2.24) is 14.7 Å². The summed E-state index contributed by atoms with van der Waals surface area (Å²) in [6, 6.07) is 0.890. The maximum absolute atomic E-state index is 6.72. The lowest BCUT2D eigenvalue weighted by Gasteiger charge is -2.43. The van der Waals surface area contributed by atoms with Crippen molar-refractivity contribution >= 4 is 0 Å². The summed E-state index contributed by atoms with van der Waals surface area (Å²) in [7, 11) is 2.23. The Morgan fingerprint density at radius 3 is 2.50 bits per heavy atom. The van der Waals surface area contributed by atoms with Gasteiger partial charge in [0.25, 0.3) is 0 Å². The van der Waals surface area contributed by atoms with E-state index >= 15 is 0 Å². The fourth-order valence-electron chi connectivity index (χ4n) is 4.81. The van der Waals surface area contributed by atoms with E-state index in [0.717, 1.165) is 6.04 Å². The lowest BCUT2D eigenvalue weighted by molar-refractivity contribution is -0.132. The third-order valence-corrected chi connectivity index (χ3v) is 6.57. The summed E-state index contributed by atoms with van der Waals surface area (Å²) in [6.07, 6.45) is 10.0. The van der Waals surface area contributed by atoms with Crippen molar-refractivity contribution in [2.45, 2.75) is 62.7 Å². The summed E-state index contributed by atoms with van der Waals surface area (Å²) >= 11 is 0. The van der Waals surface area contributed by atoms with Gasteiger partial charge in [0.05, 0.1) is 11.7 Å². The van der Waals surface area contributed by atoms with Crippen LogP contribution in [0.1, 0.15) is 44.9 Å². The van der Waals surface area contributed by atoms with Gasteiger partial charge in [0.15, 0.2) is 0 Å². The van der Waals surface area contributed by atoms with Crippen molar-refractivity contribution in [3.8, 4) is 0 Å². The fourth-order valence-corrected chi connectivity index (χ4v) is 4.81. The quantitative estimate of drug-likeness (QED) is 0.791. The Bertz CT molecular complexity index is 379. The monoisotopic (exact) mass is 307 g/mol. The molecule has 0 amide bonds. The topological polar surface area (TPSA) is 19.0 Å². The number of likely N-dealkylation sites (N-methyl/N-ethyl adjacent to an activating group) is 1. The zero-order valence-electron chi connectivity index (χ0n) is 14.3. The molecule has 0 unspecified atom stereocenters. The van der Waals surface area contributed by atoms with Gasteiger partial charge in [-0.1, -0.05) is 6.42 Å². The molecule has 3 aliphatic heterocycles. The van der Waals surface area contributed by atoms with E-state index in [1.54, 1.807) is 0 Å². The minimum atomic E-state index is 0.213. The largest absolute Gasteiger partial charge is 0.369 e. The Balaban J connectivity index is 1.30. The van der Waals surface area contributed by atoms with E-state index in [1.807, 2.05) is 0 Å². The van der Waals surface area contributed by atoms with Crippen LogP contribution in [0.3, 0.4) is 0 Å². The van der Waals surface area contributed by atoms with Gasteiger partial charge in [-0.15, -0.1) is 0 Å². The van der Waals surface area contributed by atoms with Crippen molar-refractivity contribution in [2.24, 2.45) is 0 Å². The predicted octanol–water partition coefficient (Wildman–Crippen LogP) is 1.80. The van der Waals surface area contributed by atoms with Crippen molar-refractivity contribution in [2.75, 3.05) is 52.9 Å². The molecule has 0 radical (unpaired) electrons. The van der Waals surface area contributed by atoms with Gasteiger partial charge >= 0.3 is 0 Å². The lowest BCUT2D eigenvalue weighted by atomic mass is 9.89. The Hall–Kier alpha value is -0.160. The van der Waals surface area contributed by atoms with E-state index in [-0.39, 0.29) is 5.60 Å². The highest BCUT2D eigenvalue weighted by molar-refractivity contribution is 4.98. The molecule has 4 fully saturated rings. The molecule has 2 atom stereocenters. The fraction of sp³-hybridized carbons (Fsp3) is 1.00. The third-order valence-electron chi connectivity index (χ3n) is 6.57. The summed E-state index contributed by atoms with van der Waals surface area (Å²) in [5.74, 6) is 0. The van der Waals surface area contributed by atoms with Gasteiger partial charge in [0, 0.05) is 51.9 Å². The van der Waals surface area contributed by atoms with Crippen molar-refractivity contribution in [1.29, 1.82) is 0 Å². The summed E-state index contributed by atoms with van der Waals surface area (Å²) in [5, 5.41) is 0. The number of piperazine rings is 1. The van der Waals surface area contributed by atoms with Crippen molar-refractivity contribution < 1.29 is 4.74 Å². The average molecular weight is 307 g/mol. The second-order valence-corrected chi connectivity index (χ2v) is 8.22. The van der Waals surface area contributed by atoms with E-state index in [1.165, 1.54) is 90.8 Å². The zero-order chi connectivity index (χ0) is 15.0. The predicted molar refractivity (Wildman–Crippen MR) is 89.2 cm³/mol. The third kappa shape index (κ3) is 3.21. The minimum absolute atomic E-state index is 0.213. The second kappa shape index (κ2) is 6.39. The molecule has 0 aromatic rings. The van der Waals surface area contributed by atoms with Crippen LogP contribution in [0.4, 0.5) is 0 Å². The lowest BCUT2D eigenvalue weighted by Crippen LogP contribution is -2.51. The molecule has 0 N–H and O–H groups in total. The number of nitrogens with zero attached hydrogens (tertiary/aromatic N) is 3. The van der Waals surface area contributed by atoms with Crippen LogP contribution in [0.15, 0.2) is 0 Å². The molecule has 1 aliphatic carbocycles. The van der Waals surface area contributed by atoms with Gasteiger partial charge in [0.1, 0.15) is 0 Å². The van der Waals surface area contributed by atoms with E-state index in [9.17, 15) is 0 Å². The van der Waals surface area contributed by atoms with E-state index in [4.69, 9.17) is 4.74 Å². The first-order valence-electron chi connectivity index (χ1n) is 9.55. The molecule has 0 aromatic carbocycles. The van der Waals surface area contributed by atoms with Gasteiger partial charge in [-0.25, -0.2) is 0 Å². The number of hydrogen-bond donors (Lipinski definition) is 0. The molecule has 4 aliphatic rings. The standard InChI is InChI=1S/C18H33N3O/c1-19-10-12-20(13-11-19)14-17-6-3-7-18(22-17)8-9-21(15-18)16-4-2-5-16/h16-17H,2-15H2,1H3/t17-,18-/m0/s1. The van der Waals surface area contributed by atoms with Crippen LogP contribution in [-0.2, 0) is 4.74 Å². The summed E-state index contributed by atoms with van der Waals surface area (Å²) in [5.41, 5.74) is 0.213. The molecule has 1 spiro atoms. The highest BCUT2D eigenvalue weighted by atomic mass is 16.5. The Morgan fingerprint density at radius 1 is 0.955 bits per heavy atom. The first-order chi connectivity index (χ1) is 10.7. The number of hydrogen-bond acceptors (Lipinski definition) is 4. The molecule has 0 bridgehead atoms. The summed E-state index contributed by atoms with van der Waals surface area (Å²) < 4.78 is 6.72. The molecule has 1 saturated carbocycles. The first kappa shape index (κ1) is 15.4. The van der Waals surface area contributed by atoms with Crippen LogP contribution in [-0.4, -0.2) is 85.3 Å². The SMILES string of the molecule is CN1CCN(C[C@@H]2CCC[C@@]3(CCN(C4CCC4)C3)O2)CC1. The van der Waals surface area contributed by atoms with Crippen LogP contribution >= 0.6 is 0 Å². The van der Waals surface area contributed by atoms with Crippen LogP contribution in [0.5, 0.6) is 0 Å². The molecule has 126 valence electrons. The summed E-state index contributed by atoms with van der Waals surface area (Å²) in [4.78, 5) is 7.80. The maximum atomic E-state index is 6.72. The number of ether oxygens (including phenoxy) is 1. The first-order valence-corrected chi connectivity index (χ1v) is 9.55. The molecule has 3 heterocycles. The Morgan fingerprint density at radius 2 is 1.77 bits per heavy atom. The molecular weight excluding hydrogens is 274 g/mol. The van der Waals surface area contributed by atoms with Gasteiger partial charge in [-0.3, -0.25) is 9.80 Å². The van der Waals surface area contributed by atoms with Gasteiger partial charge in [0.2, 0.25) is 0 Å². The Labute approximate surface area is 135 Å². The van der Waals surface area contributed by atoms with Crippen LogP contribution in [0.2, 0.25) is 0 Å².